The lowest BCUT2D eigenvalue weighted by Gasteiger charge is -2.11. The van der Waals surface area contributed by atoms with E-state index in [1.54, 1.807) is 12.1 Å². The van der Waals surface area contributed by atoms with E-state index in [9.17, 15) is 9.59 Å². The molecule has 0 radical (unpaired) electrons. The van der Waals surface area contributed by atoms with E-state index >= 15 is 0 Å². The van der Waals surface area contributed by atoms with Crippen LogP contribution in [-0.4, -0.2) is 37.1 Å². The molecule has 1 aromatic heterocycles. The van der Waals surface area contributed by atoms with Gasteiger partial charge in [0.15, 0.2) is 6.61 Å². The predicted octanol–water partition coefficient (Wildman–Crippen LogP) is 4.15. The number of ketones is 1. The van der Waals surface area contributed by atoms with Crippen molar-refractivity contribution in [2.24, 2.45) is 0 Å². The summed E-state index contributed by atoms with van der Waals surface area (Å²) in [6, 6.07) is 16.4. The maximum atomic E-state index is 12.7. The maximum absolute atomic E-state index is 12.7. The Morgan fingerprint density at radius 1 is 0.897 bits per heavy atom. The first-order chi connectivity index (χ1) is 14.0. The Morgan fingerprint density at radius 2 is 1.62 bits per heavy atom. The number of carbonyl (C=O) groups excluding carboxylic acids is 2. The Hall–Kier alpha value is -3.54. The van der Waals surface area contributed by atoms with E-state index < -0.39 is 5.97 Å². The molecular formula is C23H23NO5. The van der Waals surface area contributed by atoms with Gasteiger partial charge < -0.3 is 18.8 Å². The number of Topliss-reactive ketones (excluding diaryl/α,β-unsaturated/α-hetero) is 1. The average molecular weight is 393 g/mol. The van der Waals surface area contributed by atoms with Crippen LogP contribution in [0.4, 0.5) is 0 Å². The van der Waals surface area contributed by atoms with Gasteiger partial charge in [0, 0.05) is 22.6 Å². The Labute approximate surface area is 169 Å². The molecule has 6 nitrogen and oxygen atoms in total. The van der Waals surface area contributed by atoms with Crippen molar-refractivity contribution in [3.63, 3.8) is 0 Å². The number of aryl methyl sites for hydroxylation is 1. The van der Waals surface area contributed by atoms with E-state index in [1.807, 2.05) is 54.8 Å². The van der Waals surface area contributed by atoms with Gasteiger partial charge in [0.2, 0.25) is 5.78 Å². The number of carbonyl (C=O) groups is 2. The van der Waals surface area contributed by atoms with Gasteiger partial charge in [-0.3, -0.25) is 4.79 Å². The lowest BCUT2D eigenvalue weighted by molar-refractivity contribution is 0.0471. The third-order valence-corrected chi connectivity index (χ3v) is 4.71. The smallest absolute Gasteiger partial charge is 0.342 e. The molecular weight excluding hydrogens is 370 g/mol. The lowest BCUT2D eigenvalue weighted by atomic mass is 10.1. The van der Waals surface area contributed by atoms with Gasteiger partial charge in [0.25, 0.3) is 0 Å². The number of methoxy groups -OCH3 is 2. The first-order valence-corrected chi connectivity index (χ1v) is 9.13. The van der Waals surface area contributed by atoms with E-state index in [0.29, 0.717) is 17.1 Å². The largest absolute Gasteiger partial charge is 0.497 e. The molecule has 0 aliphatic heterocycles. The van der Waals surface area contributed by atoms with Crippen molar-refractivity contribution in [3.8, 4) is 17.2 Å². The van der Waals surface area contributed by atoms with Gasteiger partial charge in [0.1, 0.15) is 17.1 Å². The highest BCUT2D eigenvalue weighted by Crippen LogP contribution is 2.25. The zero-order valence-electron chi connectivity index (χ0n) is 16.9. The summed E-state index contributed by atoms with van der Waals surface area (Å²) in [4.78, 5) is 25.2. The molecule has 0 saturated carbocycles. The minimum atomic E-state index is -0.647. The molecule has 2 aromatic carbocycles. The van der Waals surface area contributed by atoms with Crippen molar-refractivity contribution in [2.75, 3.05) is 20.8 Å². The van der Waals surface area contributed by atoms with E-state index in [4.69, 9.17) is 14.2 Å². The van der Waals surface area contributed by atoms with Gasteiger partial charge in [-0.1, -0.05) is 18.2 Å². The zero-order chi connectivity index (χ0) is 21.0. The number of aromatic nitrogens is 1. The number of esters is 1. The molecule has 0 spiro atoms. The predicted molar refractivity (Wildman–Crippen MR) is 109 cm³/mol. The molecule has 0 fully saturated rings. The van der Waals surface area contributed by atoms with Crippen LogP contribution in [0.1, 0.15) is 32.1 Å². The number of ether oxygens (including phenoxy) is 3. The second kappa shape index (κ2) is 8.65. The van der Waals surface area contributed by atoms with Crippen molar-refractivity contribution in [2.45, 2.75) is 13.8 Å². The first kappa shape index (κ1) is 20.2. The SMILES string of the molecule is COc1ccc(OC)c(C(=O)OCC(=O)c2cc(C)n(-c3ccccc3)c2C)c1. The Bertz CT molecular complexity index is 1040. The molecule has 0 N–H and O–H groups in total. The molecule has 1 heterocycles. The van der Waals surface area contributed by atoms with Crippen LogP contribution >= 0.6 is 0 Å². The molecule has 0 atom stereocenters. The molecule has 0 saturated heterocycles. The molecule has 0 unspecified atom stereocenters. The van der Waals surface area contributed by atoms with Crippen molar-refractivity contribution in [1.82, 2.24) is 4.57 Å². The molecule has 0 aliphatic rings. The van der Waals surface area contributed by atoms with Crippen LogP contribution in [0.5, 0.6) is 11.5 Å². The molecule has 29 heavy (non-hydrogen) atoms. The van der Waals surface area contributed by atoms with Gasteiger partial charge in [0.05, 0.1) is 14.2 Å². The highest BCUT2D eigenvalue weighted by atomic mass is 16.5. The molecule has 0 aliphatic carbocycles. The van der Waals surface area contributed by atoms with Crippen molar-refractivity contribution in [3.05, 3.63) is 77.1 Å². The number of rotatable bonds is 7. The van der Waals surface area contributed by atoms with Crippen LogP contribution in [0, 0.1) is 13.8 Å². The molecule has 0 amide bonds. The van der Waals surface area contributed by atoms with E-state index in [2.05, 4.69) is 0 Å². The first-order valence-electron chi connectivity index (χ1n) is 9.13. The van der Waals surface area contributed by atoms with Gasteiger partial charge in [-0.15, -0.1) is 0 Å². The summed E-state index contributed by atoms with van der Waals surface area (Å²) in [5.74, 6) is -0.0672. The topological polar surface area (TPSA) is 66.8 Å². The minimum absolute atomic E-state index is 0.203. The summed E-state index contributed by atoms with van der Waals surface area (Å²) < 4.78 is 17.6. The van der Waals surface area contributed by atoms with Crippen LogP contribution in [-0.2, 0) is 4.74 Å². The highest BCUT2D eigenvalue weighted by molar-refractivity contribution is 6.01. The van der Waals surface area contributed by atoms with Gasteiger partial charge >= 0.3 is 5.97 Å². The van der Waals surface area contributed by atoms with Crippen LogP contribution in [0.25, 0.3) is 5.69 Å². The van der Waals surface area contributed by atoms with Crippen LogP contribution in [0.3, 0.4) is 0 Å². The van der Waals surface area contributed by atoms with E-state index in [1.165, 1.54) is 20.3 Å². The van der Waals surface area contributed by atoms with Crippen molar-refractivity contribution in [1.29, 1.82) is 0 Å². The van der Waals surface area contributed by atoms with E-state index in [-0.39, 0.29) is 18.0 Å². The number of benzene rings is 2. The molecule has 3 rings (SSSR count). The van der Waals surface area contributed by atoms with Gasteiger partial charge in [-0.2, -0.15) is 0 Å². The molecule has 3 aromatic rings. The summed E-state index contributed by atoms with van der Waals surface area (Å²) >= 11 is 0. The second-order valence-corrected chi connectivity index (χ2v) is 6.52. The Balaban J connectivity index is 1.78. The third-order valence-electron chi connectivity index (χ3n) is 4.71. The Kier molecular flexibility index (Phi) is 6.02. The maximum Gasteiger partial charge on any atom is 0.342 e. The van der Waals surface area contributed by atoms with Gasteiger partial charge in [-0.25, -0.2) is 4.79 Å². The lowest BCUT2D eigenvalue weighted by Crippen LogP contribution is -2.15. The quantitative estimate of drug-likeness (QED) is 0.446. The average Bonchev–Trinajstić information content (AvgIpc) is 3.05. The fourth-order valence-electron chi connectivity index (χ4n) is 3.28. The zero-order valence-corrected chi connectivity index (χ0v) is 16.9. The number of hydrogen-bond acceptors (Lipinski definition) is 5. The number of para-hydroxylation sites is 1. The Morgan fingerprint density at radius 3 is 2.28 bits per heavy atom. The van der Waals surface area contributed by atoms with E-state index in [0.717, 1.165) is 17.1 Å². The fourth-order valence-corrected chi connectivity index (χ4v) is 3.28. The van der Waals surface area contributed by atoms with Crippen LogP contribution < -0.4 is 9.47 Å². The molecule has 6 heteroatoms. The summed E-state index contributed by atoms with van der Waals surface area (Å²) in [5.41, 5.74) is 3.43. The van der Waals surface area contributed by atoms with Gasteiger partial charge in [-0.05, 0) is 50.2 Å². The summed E-state index contributed by atoms with van der Waals surface area (Å²) in [6.45, 7) is 3.45. The number of hydrogen-bond donors (Lipinski definition) is 0. The molecule has 0 bridgehead atoms. The monoisotopic (exact) mass is 393 g/mol. The van der Waals surface area contributed by atoms with Crippen LogP contribution in [0.2, 0.25) is 0 Å². The second-order valence-electron chi connectivity index (χ2n) is 6.52. The van der Waals surface area contributed by atoms with Crippen LogP contribution in [0.15, 0.2) is 54.6 Å². The van der Waals surface area contributed by atoms with Crippen molar-refractivity contribution < 1.29 is 23.8 Å². The highest BCUT2D eigenvalue weighted by Gasteiger charge is 2.20. The summed E-state index contributed by atoms with van der Waals surface area (Å²) in [6.07, 6.45) is 0. The number of nitrogens with zero attached hydrogens (tertiary/aromatic N) is 1. The van der Waals surface area contributed by atoms with Crippen molar-refractivity contribution >= 4 is 11.8 Å². The normalized spacial score (nSPS) is 10.5. The fraction of sp³-hybridized carbons (Fsp3) is 0.217. The minimum Gasteiger partial charge on any atom is -0.497 e. The third kappa shape index (κ3) is 4.16. The summed E-state index contributed by atoms with van der Waals surface area (Å²) in [5, 5.41) is 0. The summed E-state index contributed by atoms with van der Waals surface area (Å²) in [7, 11) is 2.96. The standard InChI is InChI=1S/C23H23NO5/c1-15-12-19(16(2)24(15)17-8-6-5-7-9-17)21(25)14-29-23(26)20-13-18(27-3)10-11-22(20)28-4/h5-13H,14H2,1-4H3. The molecule has 150 valence electrons.